The molecular weight excluding hydrogens is 376 g/mol. The SMILES string of the molecule is O=C(NCc1cccnc1)c1nn(-c2ccc(Cl)cc2)c(=O)c2ccccc12. The second-order valence-corrected chi connectivity index (χ2v) is 6.57. The maximum atomic E-state index is 12.9. The number of fused-ring (bicyclic) bond motifs is 1. The van der Waals surface area contributed by atoms with Crippen molar-refractivity contribution >= 4 is 28.3 Å². The number of benzene rings is 2. The van der Waals surface area contributed by atoms with Crippen molar-refractivity contribution in [2.45, 2.75) is 6.54 Å². The summed E-state index contributed by atoms with van der Waals surface area (Å²) in [5.41, 5.74) is 1.27. The largest absolute Gasteiger partial charge is 0.346 e. The first-order valence-electron chi connectivity index (χ1n) is 8.58. The van der Waals surface area contributed by atoms with E-state index in [4.69, 9.17) is 11.6 Å². The minimum Gasteiger partial charge on any atom is -0.346 e. The van der Waals surface area contributed by atoms with E-state index in [0.717, 1.165) is 5.56 Å². The molecule has 0 bridgehead atoms. The van der Waals surface area contributed by atoms with Crippen molar-refractivity contribution < 1.29 is 4.79 Å². The molecule has 138 valence electrons. The summed E-state index contributed by atoms with van der Waals surface area (Å²) in [7, 11) is 0. The number of rotatable bonds is 4. The second-order valence-electron chi connectivity index (χ2n) is 6.13. The highest BCUT2D eigenvalue weighted by atomic mass is 35.5. The highest BCUT2D eigenvalue weighted by Crippen LogP contribution is 2.17. The maximum absolute atomic E-state index is 12.9. The molecule has 0 fully saturated rings. The van der Waals surface area contributed by atoms with E-state index < -0.39 is 0 Å². The van der Waals surface area contributed by atoms with Crippen LogP contribution >= 0.6 is 11.6 Å². The van der Waals surface area contributed by atoms with Crippen LogP contribution in [0.4, 0.5) is 0 Å². The molecule has 0 atom stereocenters. The summed E-state index contributed by atoms with van der Waals surface area (Å²) in [5.74, 6) is -0.372. The van der Waals surface area contributed by atoms with Gasteiger partial charge in [-0.05, 0) is 42.0 Å². The number of hydrogen-bond acceptors (Lipinski definition) is 4. The number of hydrogen-bond donors (Lipinski definition) is 1. The first-order valence-corrected chi connectivity index (χ1v) is 8.96. The summed E-state index contributed by atoms with van der Waals surface area (Å²) < 4.78 is 1.22. The summed E-state index contributed by atoms with van der Waals surface area (Å²) in [5, 5.41) is 8.65. The Hall–Kier alpha value is -3.51. The summed E-state index contributed by atoms with van der Waals surface area (Å²) in [6, 6.07) is 17.3. The maximum Gasteiger partial charge on any atom is 0.279 e. The molecule has 2 aromatic heterocycles. The molecule has 1 amide bonds. The molecule has 0 saturated heterocycles. The van der Waals surface area contributed by atoms with Gasteiger partial charge in [-0.1, -0.05) is 35.9 Å². The van der Waals surface area contributed by atoms with Crippen molar-refractivity contribution in [1.29, 1.82) is 0 Å². The molecule has 0 spiro atoms. The number of nitrogens with zero attached hydrogens (tertiary/aromatic N) is 3. The molecule has 2 heterocycles. The van der Waals surface area contributed by atoms with Gasteiger partial charge in [0.25, 0.3) is 11.5 Å². The highest BCUT2D eigenvalue weighted by molar-refractivity contribution is 6.30. The molecule has 0 saturated carbocycles. The third-order valence-electron chi connectivity index (χ3n) is 4.27. The van der Waals surface area contributed by atoms with E-state index in [1.54, 1.807) is 67.0 Å². The number of amides is 1. The van der Waals surface area contributed by atoms with Crippen molar-refractivity contribution in [3.8, 4) is 5.69 Å². The quantitative estimate of drug-likeness (QED) is 0.579. The van der Waals surface area contributed by atoms with Crippen LogP contribution in [0, 0.1) is 0 Å². The third kappa shape index (κ3) is 3.50. The number of pyridine rings is 1. The van der Waals surface area contributed by atoms with Crippen LogP contribution < -0.4 is 10.9 Å². The van der Waals surface area contributed by atoms with Crippen molar-refractivity contribution in [2.75, 3.05) is 0 Å². The van der Waals surface area contributed by atoms with Gasteiger partial charge in [0.15, 0.2) is 5.69 Å². The van der Waals surface area contributed by atoms with Gasteiger partial charge in [0.05, 0.1) is 11.1 Å². The topological polar surface area (TPSA) is 76.9 Å². The summed E-state index contributed by atoms with van der Waals surface area (Å²) in [6.07, 6.45) is 3.35. The van der Waals surface area contributed by atoms with E-state index in [1.807, 2.05) is 6.07 Å². The van der Waals surface area contributed by atoms with Gasteiger partial charge in [0, 0.05) is 29.3 Å². The van der Waals surface area contributed by atoms with Crippen LogP contribution in [-0.4, -0.2) is 20.7 Å². The smallest absolute Gasteiger partial charge is 0.279 e. The van der Waals surface area contributed by atoms with Crippen molar-refractivity contribution in [2.24, 2.45) is 0 Å². The zero-order valence-electron chi connectivity index (χ0n) is 14.7. The number of carbonyl (C=O) groups is 1. The fourth-order valence-electron chi connectivity index (χ4n) is 2.88. The summed E-state index contributed by atoms with van der Waals surface area (Å²) >= 11 is 5.94. The first-order chi connectivity index (χ1) is 13.6. The molecule has 0 aliphatic rings. The molecule has 6 nitrogen and oxygen atoms in total. The lowest BCUT2D eigenvalue weighted by molar-refractivity contribution is 0.0946. The Kier molecular flexibility index (Phi) is 4.87. The monoisotopic (exact) mass is 390 g/mol. The van der Waals surface area contributed by atoms with Crippen LogP contribution in [0.3, 0.4) is 0 Å². The van der Waals surface area contributed by atoms with Crippen LogP contribution in [0.5, 0.6) is 0 Å². The van der Waals surface area contributed by atoms with E-state index in [9.17, 15) is 9.59 Å². The second kappa shape index (κ2) is 7.62. The van der Waals surface area contributed by atoms with Crippen molar-refractivity contribution in [3.05, 3.63) is 99.7 Å². The standard InChI is InChI=1S/C21H15ClN4O2/c22-15-7-9-16(10-8-15)26-21(28)18-6-2-1-5-17(18)19(25-26)20(27)24-13-14-4-3-11-23-12-14/h1-12H,13H2,(H,24,27). The van der Waals surface area contributed by atoms with Crippen LogP contribution in [0.15, 0.2) is 77.9 Å². The Balaban J connectivity index is 1.78. The summed E-state index contributed by atoms with van der Waals surface area (Å²) in [4.78, 5) is 29.8. The number of aromatic nitrogens is 3. The molecule has 7 heteroatoms. The Morgan fingerprint density at radius 3 is 2.46 bits per heavy atom. The Morgan fingerprint density at radius 2 is 1.75 bits per heavy atom. The molecule has 1 N–H and O–H groups in total. The summed E-state index contributed by atoms with van der Waals surface area (Å²) in [6.45, 7) is 0.308. The predicted octanol–water partition coefficient (Wildman–Crippen LogP) is 3.36. The normalized spacial score (nSPS) is 10.8. The molecule has 4 rings (SSSR count). The Bertz CT molecular complexity index is 1200. The molecule has 0 radical (unpaired) electrons. The van der Waals surface area contributed by atoms with Crippen molar-refractivity contribution in [1.82, 2.24) is 20.1 Å². The van der Waals surface area contributed by atoms with E-state index in [-0.39, 0.29) is 17.2 Å². The van der Waals surface area contributed by atoms with Gasteiger partial charge in [-0.25, -0.2) is 0 Å². The molecule has 2 aromatic carbocycles. The van der Waals surface area contributed by atoms with E-state index >= 15 is 0 Å². The minimum atomic E-state index is -0.372. The lowest BCUT2D eigenvalue weighted by Gasteiger charge is -2.11. The lowest BCUT2D eigenvalue weighted by Crippen LogP contribution is -2.29. The zero-order valence-corrected chi connectivity index (χ0v) is 15.4. The molecule has 0 aliphatic carbocycles. The minimum absolute atomic E-state index is 0.175. The lowest BCUT2D eigenvalue weighted by atomic mass is 10.1. The van der Waals surface area contributed by atoms with Gasteiger partial charge in [-0.15, -0.1) is 0 Å². The van der Waals surface area contributed by atoms with Gasteiger partial charge < -0.3 is 5.32 Å². The molecule has 0 aliphatic heterocycles. The van der Waals surface area contributed by atoms with E-state index in [1.165, 1.54) is 4.68 Å². The van der Waals surface area contributed by atoms with Crippen LogP contribution in [0.2, 0.25) is 5.02 Å². The van der Waals surface area contributed by atoms with Gasteiger partial charge >= 0.3 is 0 Å². The molecular formula is C21H15ClN4O2. The van der Waals surface area contributed by atoms with E-state index in [0.29, 0.717) is 28.0 Å². The average molecular weight is 391 g/mol. The van der Waals surface area contributed by atoms with Gasteiger partial charge in [-0.3, -0.25) is 14.6 Å². The van der Waals surface area contributed by atoms with Crippen LogP contribution in [0.25, 0.3) is 16.5 Å². The molecule has 28 heavy (non-hydrogen) atoms. The van der Waals surface area contributed by atoms with Gasteiger partial charge in [0.1, 0.15) is 0 Å². The van der Waals surface area contributed by atoms with Gasteiger partial charge in [0.2, 0.25) is 0 Å². The fourth-order valence-corrected chi connectivity index (χ4v) is 3.01. The predicted molar refractivity (Wildman–Crippen MR) is 108 cm³/mol. The zero-order chi connectivity index (χ0) is 19.5. The van der Waals surface area contributed by atoms with Crippen molar-refractivity contribution in [3.63, 3.8) is 0 Å². The van der Waals surface area contributed by atoms with Gasteiger partial charge in [-0.2, -0.15) is 9.78 Å². The van der Waals surface area contributed by atoms with Crippen LogP contribution in [0.1, 0.15) is 16.1 Å². The third-order valence-corrected chi connectivity index (χ3v) is 4.52. The molecule has 4 aromatic rings. The molecule has 0 unspecified atom stereocenters. The highest BCUT2D eigenvalue weighted by Gasteiger charge is 2.17. The number of halogens is 1. The fraction of sp³-hybridized carbons (Fsp3) is 0.0476. The van der Waals surface area contributed by atoms with Crippen LogP contribution in [-0.2, 0) is 6.54 Å². The Labute approximate surface area is 165 Å². The number of nitrogens with one attached hydrogen (secondary N) is 1. The Morgan fingerprint density at radius 1 is 1.00 bits per heavy atom. The average Bonchev–Trinajstić information content (AvgIpc) is 2.74. The van der Waals surface area contributed by atoms with E-state index in [2.05, 4.69) is 15.4 Å². The first kappa shape index (κ1) is 17.9. The number of carbonyl (C=O) groups excluding carboxylic acids is 1.